The van der Waals surface area contributed by atoms with Crippen molar-refractivity contribution in [3.05, 3.63) is 23.8 Å². The molecule has 1 aromatic rings. The lowest BCUT2D eigenvalue weighted by Crippen LogP contribution is -2.27. The predicted molar refractivity (Wildman–Crippen MR) is 81.8 cm³/mol. The van der Waals surface area contributed by atoms with E-state index in [1.165, 1.54) is 5.56 Å². The average Bonchev–Trinajstić information content (AvgIpc) is 2.37. The minimum atomic E-state index is 0.718. The number of hydrogen-bond acceptors (Lipinski definition) is 4. The summed E-state index contributed by atoms with van der Waals surface area (Å²) in [4.78, 5) is 2.17. The number of benzene rings is 1. The van der Waals surface area contributed by atoms with E-state index in [0.717, 1.165) is 50.5 Å². The van der Waals surface area contributed by atoms with Gasteiger partial charge < -0.3 is 20.7 Å². The number of nitrogen functional groups attached to an aromatic ring is 1. The van der Waals surface area contributed by atoms with E-state index >= 15 is 0 Å². The second-order valence-corrected chi connectivity index (χ2v) is 5.02. The Morgan fingerprint density at radius 1 is 1.26 bits per heavy atom. The Balaban J connectivity index is 2.32. The number of ether oxygens (including phenoxy) is 1. The van der Waals surface area contributed by atoms with Crippen molar-refractivity contribution in [3.8, 4) is 5.75 Å². The molecule has 0 aromatic heterocycles. The average molecular weight is 265 g/mol. The molecule has 0 saturated carbocycles. The highest BCUT2D eigenvalue weighted by atomic mass is 16.5. The first-order valence-corrected chi connectivity index (χ1v) is 7.00. The first-order chi connectivity index (χ1) is 9.13. The number of nitrogens with one attached hydrogen (secondary N) is 1. The zero-order valence-corrected chi connectivity index (χ0v) is 12.4. The lowest BCUT2D eigenvalue weighted by molar-refractivity contribution is 0.319. The van der Waals surface area contributed by atoms with Crippen molar-refractivity contribution in [3.63, 3.8) is 0 Å². The molecule has 0 saturated heterocycles. The van der Waals surface area contributed by atoms with Crippen LogP contribution in [0.25, 0.3) is 0 Å². The highest BCUT2D eigenvalue weighted by molar-refractivity contribution is 5.54. The Labute approximate surface area is 116 Å². The molecular formula is C15H27N3O. The van der Waals surface area contributed by atoms with Gasteiger partial charge in [0.1, 0.15) is 5.75 Å². The van der Waals surface area contributed by atoms with Crippen LogP contribution in [0.15, 0.2) is 18.2 Å². The smallest absolute Gasteiger partial charge is 0.142 e. The minimum absolute atomic E-state index is 0.718. The van der Waals surface area contributed by atoms with Crippen LogP contribution in [0.2, 0.25) is 0 Å². The van der Waals surface area contributed by atoms with Crippen molar-refractivity contribution in [2.75, 3.05) is 46.1 Å². The van der Waals surface area contributed by atoms with Crippen LogP contribution in [-0.4, -0.2) is 45.2 Å². The van der Waals surface area contributed by atoms with Gasteiger partial charge in [-0.25, -0.2) is 0 Å². The van der Waals surface area contributed by atoms with Crippen LogP contribution >= 0.6 is 0 Å². The number of hydrogen-bond donors (Lipinski definition) is 2. The molecule has 108 valence electrons. The highest BCUT2D eigenvalue weighted by Gasteiger charge is 2.01. The minimum Gasteiger partial charge on any atom is -0.491 e. The lowest BCUT2D eigenvalue weighted by Gasteiger charge is -2.11. The van der Waals surface area contributed by atoms with Gasteiger partial charge in [-0.2, -0.15) is 0 Å². The van der Waals surface area contributed by atoms with Crippen molar-refractivity contribution in [2.24, 2.45) is 0 Å². The number of likely N-dealkylation sites (N-methyl/N-ethyl adjacent to an activating group) is 1. The van der Waals surface area contributed by atoms with E-state index in [1.807, 2.05) is 12.1 Å². The predicted octanol–water partition coefficient (Wildman–Crippen LogP) is 1.75. The van der Waals surface area contributed by atoms with Gasteiger partial charge in [-0.15, -0.1) is 0 Å². The number of rotatable bonds is 9. The fourth-order valence-corrected chi connectivity index (χ4v) is 1.76. The van der Waals surface area contributed by atoms with Crippen molar-refractivity contribution in [1.29, 1.82) is 0 Å². The topological polar surface area (TPSA) is 50.5 Å². The molecule has 0 atom stereocenters. The molecule has 4 nitrogen and oxygen atoms in total. The summed E-state index contributed by atoms with van der Waals surface area (Å²) in [6.07, 6.45) is 1.99. The van der Waals surface area contributed by atoms with Gasteiger partial charge in [-0.05, 0) is 51.2 Å². The zero-order valence-electron chi connectivity index (χ0n) is 12.4. The van der Waals surface area contributed by atoms with E-state index < -0.39 is 0 Å². The Morgan fingerprint density at radius 2 is 2.05 bits per heavy atom. The fourth-order valence-electron chi connectivity index (χ4n) is 1.76. The number of nitrogens with zero attached hydrogens (tertiary/aromatic N) is 1. The molecule has 19 heavy (non-hydrogen) atoms. The Morgan fingerprint density at radius 3 is 2.68 bits per heavy atom. The normalized spacial score (nSPS) is 10.9. The summed E-state index contributed by atoms with van der Waals surface area (Å²) in [7, 11) is 4.16. The molecule has 0 spiro atoms. The molecular weight excluding hydrogens is 238 g/mol. The monoisotopic (exact) mass is 265 g/mol. The summed E-state index contributed by atoms with van der Waals surface area (Å²) in [5, 5.41) is 3.42. The van der Waals surface area contributed by atoms with E-state index in [2.05, 4.69) is 37.3 Å². The van der Waals surface area contributed by atoms with Crippen LogP contribution in [0.1, 0.15) is 18.9 Å². The molecule has 0 amide bonds. The highest BCUT2D eigenvalue weighted by Crippen LogP contribution is 2.22. The van der Waals surface area contributed by atoms with Crippen molar-refractivity contribution >= 4 is 5.69 Å². The Kier molecular flexibility index (Phi) is 7.30. The maximum Gasteiger partial charge on any atom is 0.142 e. The van der Waals surface area contributed by atoms with Gasteiger partial charge in [0.25, 0.3) is 0 Å². The Bertz CT molecular complexity index is 366. The van der Waals surface area contributed by atoms with Gasteiger partial charge in [0.05, 0.1) is 12.3 Å². The summed E-state index contributed by atoms with van der Waals surface area (Å²) in [5.74, 6) is 0.797. The van der Waals surface area contributed by atoms with Gasteiger partial charge >= 0.3 is 0 Å². The third-order valence-electron chi connectivity index (χ3n) is 2.86. The maximum absolute atomic E-state index is 5.98. The number of anilines is 1. The van der Waals surface area contributed by atoms with E-state index in [4.69, 9.17) is 10.5 Å². The Hall–Kier alpha value is -1.26. The molecule has 3 N–H and O–H groups in total. The van der Waals surface area contributed by atoms with E-state index in [9.17, 15) is 0 Å². The van der Waals surface area contributed by atoms with Crippen molar-refractivity contribution in [2.45, 2.75) is 19.8 Å². The second-order valence-electron chi connectivity index (χ2n) is 5.02. The van der Waals surface area contributed by atoms with Crippen LogP contribution in [0, 0.1) is 0 Å². The second kappa shape index (κ2) is 8.77. The quantitative estimate of drug-likeness (QED) is 0.527. The van der Waals surface area contributed by atoms with Gasteiger partial charge in [0.15, 0.2) is 0 Å². The van der Waals surface area contributed by atoms with Crippen LogP contribution in [0.4, 0.5) is 5.69 Å². The summed E-state index contributed by atoms with van der Waals surface area (Å²) in [6, 6.07) is 6.08. The molecule has 0 aliphatic heterocycles. The molecule has 0 unspecified atom stereocenters. The van der Waals surface area contributed by atoms with Crippen LogP contribution in [-0.2, 0) is 6.42 Å². The van der Waals surface area contributed by atoms with Gasteiger partial charge in [-0.3, -0.25) is 0 Å². The third-order valence-corrected chi connectivity index (χ3v) is 2.86. The standard InChI is InChI=1S/C15H27N3O/c1-4-11-19-15-6-5-13(12-14(15)16)7-8-17-9-10-18(2)3/h5-6,12,17H,4,7-11,16H2,1-3H3. The summed E-state index contributed by atoms with van der Waals surface area (Å²) >= 11 is 0. The van der Waals surface area contributed by atoms with E-state index in [0.29, 0.717) is 0 Å². The first kappa shape index (κ1) is 15.8. The number of nitrogens with two attached hydrogens (primary N) is 1. The summed E-state index contributed by atoms with van der Waals surface area (Å²) < 4.78 is 5.56. The molecule has 0 fully saturated rings. The molecule has 0 aliphatic rings. The first-order valence-electron chi connectivity index (χ1n) is 7.00. The van der Waals surface area contributed by atoms with Gasteiger partial charge in [0, 0.05) is 13.1 Å². The van der Waals surface area contributed by atoms with Crippen LogP contribution in [0.3, 0.4) is 0 Å². The summed E-state index contributed by atoms with van der Waals surface area (Å²) in [6.45, 7) is 5.86. The van der Waals surface area contributed by atoms with Crippen LogP contribution in [0.5, 0.6) is 5.75 Å². The third kappa shape index (κ3) is 6.45. The van der Waals surface area contributed by atoms with Crippen molar-refractivity contribution in [1.82, 2.24) is 10.2 Å². The zero-order chi connectivity index (χ0) is 14.1. The molecule has 0 aliphatic carbocycles. The molecule has 0 heterocycles. The molecule has 0 bridgehead atoms. The molecule has 0 radical (unpaired) electrons. The van der Waals surface area contributed by atoms with E-state index in [-0.39, 0.29) is 0 Å². The van der Waals surface area contributed by atoms with Crippen LogP contribution < -0.4 is 15.8 Å². The maximum atomic E-state index is 5.98. The summed E-state index contributed by atoms with van der Waals surface area (Å²) in [5.41, 5.74) is 7.96. The largest absolute Gasteiger partial charge is 0.491 e. The van der Waals surface area contributed by atoms with Gasteiger partial charge in [0.2, 0.25) is 0 Å². The SMILES string of the molecule is CCCOc1ccc(CCNCCN(C)C)cc1N. The molecule has 4 heteroatoms. The molecule has 1 aromatic carbocycles. The van der Waals surface area contributed by atoms with Gasteiger partial charge in [-0.1, -0.05) is 13.0 Å². The van der Waals surface area contributed by atoms with Crippen molar-refractivity contribution < 1.29 is 4.74 Å². The van der Waals surface area contributed by atoms with E-state index in [1.54, 1.807) is 0 Å². The molecule has 1 rings (SSSR count). The fraction of sp³-hybridized carbons (Fsp3) is 0.600. The lowest BCUT2D eigenvalue weighted by atomic mass is 10.1.